The van der Waals surface area contributed by atoms with Gasteiger partial charge in [0.05, 0.1) is 12.2 Å². The Morgan fingerprint density at radius 2 is 1.50 bits per heavy atom. The normalized spacial score (nSPS) is 30.0. The van der Waals surface area contributed by atoms with Gasteiger partial charge in [-0.15, -0.1) is 0 Å². The van der Waals surface area contributed by atoms with Gasteiger partial charge in [-0.2, -0.15) is 0 Å². The van der Waals surface area contributed by atoms with E-state index >= 15 is 0 Å². The van der Waals surface area contributed by atoms with Crippen LogP contribution in [0.2, 0.25) is 0 Å². The summed E-state index contributed by atoms with van der Waals surface area (Å²) in [6.07, 6.45) is 2.83. The van der Waals surface area contributed by atoms with E-state index in [-0.39, 0.29) is 12.2 Å². The zero-order chi connectivity index (χ0) is 18.3. The molecule has 4 heterocycles. The molecule has 4 rings (SSSR count). The van der Waals surface area contributed by atoms with Crippen LogP contribution < -0.4 is 9.80 Å². The van der Waals surface area contributed by atoms with E-state index in [1.165, 1.54) is 0 Å². The molecule has 2 saturated heterocycles. The monoisotopic (exact) mass is 357 g/mol. The maximum Gasteiger partial charge on any atom is 0.180 e. The summed E-state index contributed by atoms with van der Waals surface area (Å²) in [4.78, 5) is 18.2. The van der Waals surface area contributed by atoms with E-state index in [0.717, 1.165) is 43.1 Å². The van der Waals surface area contributed by atoms with Crippen LogP contribution in [0.15, 0.2) is 18.3 Å². The molecule has 2 aliphatic heterocycles. The molecule has 2 aliphatic rings. The average Bonchev–Trinajstić information content (AvgIpc) is 2.65. The van der Waals surface area contributed by atoms with Crippen LogP contribution in [0.25, 0.3) is 11.2 Å². The largest absolute Gasteiger partial charge is 0.391 e. The van der Waals surface area contributed by atoms with Crippen LogP contribution in [-0.2, 0) is 0 Å². The summed E-state index contributed by atoms with van der Waals surface area (Å²) in [6.45, 7) is 6.96. The van der Waals surface area contributed by atoms with Gasteiger partial charge in [-0.05, 0) is 36.8 Å². The predicted molar refractivity (Wildman–Crippen MR) is 101 cm³/mol. The number of aliphatic hydroxyl groups is 2. The Kier molecular flexibility index (Phi) is 4.67. The lowest BCUT2D eigenvalue weighted by atomic mass is 9.95. The number of piperidine rings is 2. The Morgan fingerprint density at radius 1 is 0.923 bits per heavy atom. The van der Waals surface area contributed by atoms with Crippen LogP contribution in [-0.4, -0.2) is 63.6 Å². The van der Waals surface area contributed by atoms with Gasteiger partial charge in [0.15, 0.2) is 17.3 Å². The molecule has 4 atom stereocenters. The number of rotatable bonds is 2. The van der Waals surface area contributed by atoms with E-state index in [4.69, 9.17) is 9.97 Å². The molecule has 0 bridgehead atoms. The summed E-state index contributed by atoms with van der Waals surface area (Å²) >= 11 is 0. The van der Waals surface area contributed by atoms with Crippen molar-refractivity contribution in [3.05, 3.63) is 18.3 Å². The van der Waals surface area contributed by atoms with E-state index in [2.05, 4.69) is 28.6 Å². The first kappa shape index (κ1) is 17.4. The number of β-amino-alcohol motifs (C(OH)–C–C–N with tert-alkyl or cyclic N) is 2. The lowest BCUT2D eigenvalue weighted by Gasteiger charge is -2.39. The van der Waals surface area contributed by atoms with Crippen molar-refractivity contribution in [1.29, 1.82) is 0 Å². The van der Waals surface area contributed by atoms with E-state index < -0.39 is 0 Å². The van der Waals surface area contributed by atoms with Crippen molar-refractivity contribution >= 4 is 22.8 Å². The maximum atomic E-state index is 10.3. The van der Waals surface area contributed by atoms with Gasteiger partial charge in [0.25, 0.3) is 0 Å². The molecule has 2 aromatic heterocycles. The van der Waals surface area contributed by atoms with Gasteiger partial charge < -0.3 is 20.0 Å². The minimum Gasteiger partial charge on any atom is -0.391 e. The number of hydrogen-bond acceptors (Lipinski definition) is 7. The third-order valence-electron chi connectivity index (χ3n) is 5.84. The van der Waals surface area contributed by atoms with Gasteiger partial charge in [-0.1, -0.05) is 13.8 Å². The Hall–Kier alpha value is -1.99. The third kappa shape index (κ3) is 3.21. The van der Waals surface area contributed by atoms with Crippen molar-refractivity contribution in [1.82, 2.24) is 15.0 Å². The molecule has 0 radical (unpaired) electrons. The summed E-state index contributed by atoms with van der Waals surface area (Å²) in [5, 5.41) is 20.7. The summed E-state index contributed by atoms with van der Waals surface area (Å²) in [6, 6.07) is 3.78. The molecule has 7 nitrogen and oxygen atoms in total. The molecule has 0 spiro atoms. The highest BCUT2D eigenvalue weighted by atomic mass is 16.3. The minimum absolute atomic E-state index is 0.291. The molecule has 4 unspecified atom stereocenters. The van der Waals surface area contributed by atoms with Gasteiger partial charge in [0, 0.05) is 32.4 Å². The van der Waals surface area contributed by atoms with Crippen molar-refractivity contribution in [2.24, 2.45) is 11.8 Å². The highest BCUT2D eigenvalue weighted by Gasteiger charge is 2.31. The summed E-state index contributed by atoms with van der Waals surface area (Å²) in [5.74, 6) is 2.14. The fourth-order valence-corrected chi connectivity index (χ4v) is 3.78. The standard InChI is InChI=1S/C19H27N5O2/c1-12-5-8-23(10-15(12)25)18-19(24-9-6-13(2)16(26)11-24)22-17-14(21-18)4-3-7-20-17/h3-4,7,12-13,15-16,25-26H,5-6,8-11H2,1-2H3. The van der Waals surface area contributed by atoms with Gasteiger partial charge in [0.2, 0.25) is 0 Å². The Bertz CT molecular complexity index is 721. The second-order valence-corrected chi connectivity index (χ2v) is 7.78. The molecule has 140 valence electrons. The molecule has 2 N–H and O–H groups in total. The summed E-state index contributed by atoms with van der Waals surface area (Å²) in [7, 11) is 0. The van der Waals surface area contributed by atoms with Gasteiger partial charge in [0.1, 0.15) is 5.52 Å². The van der Waals surface area contributed by atoms with Crippen LogP contribution in [0.4, 0.5) is 11.6 Å². The fourth-order valence-electron chi connectivity index (χ4n) is 3.78. The number of fused-ring (bicyclic) bond motifs is 1. The van der Waals surface area contributed by atoms with Crippen LogP contribution in [0.3, 0.4) is 0 Å². The highest BCUT2D eigenvalue weighted by molar-refractivity contribution is 5.78. The van der Waals surface area contributed by atoms with Crippen molar-refractivity contribution in [3.8, 4) is 0 Å². The molecule has 2 fully saturated rings. The number of anilines is 2. The third-order valence-corrected chi connectivity index (χ3v) is 5.84. The molecule has 0 saturated carbocycles. The van der Waals surface area contributed by atoms with Gasteiger partial charge in [-0.3, -0.25) is 0 Å². The fraction of sp³-hybridized carbons (Fsp3) is 0.632. The number of hydrogen-bond donors (Lipinski definition) is 2. The number of pyridine rings is 1. The maximum absolute atomic E-state index is 10.3. The van der Waals surface area contributed by atoms with Gasteiger partial charge in [-0.25, -0.2) is 15.0 Å². The lowest BCUT2D eigenvalue weighted by Crippen LogP contribution is -2.46. The molecule has 0 aliphatic carbocycles. The predicted octanol–water partition coefficient (Wildman–Crippen LogP) is 1.44. The van der Waals surface area contributed by atoms with Crippen molar-refractivity contribution in [2.75, 3.05) is 36.0 Å². The highest BCUT2D eigenvalue weighted by Crippen LogP contribution is 2.33. The lowest BCUT2D eigenvalue weighted by molar-refractivity contribution is 0.101. The smallest absolute Gasteiger partial charge is 0.180 e. The van der Waals surface area contributed by atoms with E-state index in [9.17, 15) is 10.2 Å². The van der Waals surface area contributed by atoms with Crippen LogP contribution in [0.5, 0.6) is 0 Å². The zero-order valence-corrected chi connectivity index (χ0v) is 15.4. The minimum atomic E-state index is -0.371. The second kappa shape index (κ2) is 6.96. The molecule has 7 heteroatoms. The summed E-state index contributed by atoms with van der Waals surface area (Å²) < 4.78 is 0. The zero-order valence-electron chi connectivity index (χ0n) is 15.4. The van der Waals surface area contributed by atoms with Gasteiger partial charge >= 0.3 is 0 Å². The van der Waals surface area contributed by atoms with Crippen molar-refractivity contribution in [3.63, 3.8) is 0 Å². The number of aliphatic hydroxyl groups excluding tert-OH is 2. The number of nitrogens with zero attached hydrogens (tertiary/aromatic N) is 5. The first-order chi connectivity index (χ1) is 12.5. The molecule has 26 heavy (non-hydrogen) atoms. The first-order valence-corrected chi connectivity index (χ1v) is 9.51. The van der Waals surface area contributed by atoms with Crippen LogP contribution in [0, 0.1) is 11.8 Å². The Balaban J connectivity index is 1.74. The molecule has 0 aromatic carbocycles. The average molecular weight is 357 g/mol. The van der Waals surface area contributed by atoms with Crippen molar-refractivity contribution < 1.29 is 10.2 Å². The van der Waals surface area contributed by atoms with E-state index in [1.807, 2.05) is 12.1 Å². The quantitative estimate of drug-likeness (QED) is 0.841. The topological polar surface area (TPSA) is 85.6 Å². The first-order valence-electron chi connectivity index (χ1n) is 9.51. The molecular formula is C19H27N5O2. The SMILES string of the molecule is CC1CCN(c2nc3cccnc3nc2N2CCC(C)C(O)C2)CC1O. The Morgan fingerprint density at radius 3 is 2.08 bits per heavy atom. The summed E-state index contributed by atoms with van der Waals surface area (Å²) in [5.41, 5.74) is 1.37. The second-order valence-electron chi connectivity index (χ2n) is 7.78. The van der Waals surface area contributed by atoms with Crippen LogP contribution >= 0.6 is 0 Å². The van der Waals surface area contributed by atoms with E-state index in [0.29, 0.717) is 30.6 Å². The number of aromatic nitrogens is 3. The van der Waals surface area contributed by atoms with E-state index in [1.54, 1.807) is 6.20 Å². The molecule has 2 aromatic rings. The molecular weight excluding hydrogens is 330 g/mol. The van der Waals surface area contributed by atoms with Crippen LogP contribution in [0.1, 0.15) is 26.7 Å². The Labute approximate surface area is 153 Å². The molecule has 0 amide bonds. The van der Waals surface area contributed by atoms with Crippen molar-refractivity contribution in [2.45, 2.75) is 38.9 Å².